The molecular formula is C27H32N2O. The van der Waals surface area contributed by atoms with Crippen LogP contribution in [0.25, 0.3) is 0 Å². The summed E-state index contributed by atoms with van der Waals surface area (Å²) in [6.45, 7) is 6.48. The van der Waals surface area contributed by atoms with Crippen molar-refractivity contribution < 1.29 is 5.11 Å². The fourth-order valence-corrected chi connectivity index (χ4v) is 3.75. The first-order valence-electron chi connectivity index (χ1n) is 10.9. The Morgan fingerprint density at radius 1 is 0.833 bits per heavy atom. The molecule has 0 saturated heterocycles. The highest BCUT2D eigenvalue weighted by atomic mass is 16.3. The Morgan fingerprint density at radius 3 is 2.10 bits per heavy atom. The lowest BCUT2D eigenvalue weighted by atomic mass is 9.98. The number of hydrogen-bond acceptors (Lipinski definition) is 3. The van der Waals surface area contributed by atoms with Crippen LogP contribution in [0.4, 0.5) is 11.4 Å². The van der Waals surface area contributed by atoms with Gasteiger partial charge in [-0.05, 0) is 89.9 Å². The summed E-state index contributed by atoms with van der Waals surface area (Å²) < 4.78 is 0. The Morgan fingerprint density at radius 2 is 1.47 bits per heavy atom. The van der Waals surface area contributed by atoms with Crippen LogP contribution in [-0.4, -0.2) is 10.8 Å². The number of nitrogens with two attached hydrogens (primary N) is 1. The smallest absolute Gasteiger partial charge is 0.115 e. The molecular weight excluding hydrogens is 368 g/mol. The van der Waals surface area contributed by atoms with Crippen molar-refractivity contribution in [3.8, 4) is 5.75 Å². The molecule has 0 amide bonds. The van der Waals surface area contributed by atoms with E-state index in [1.165, 1.54) is 22.3 Å². The third-order valence-corrected chi connectivity index (χ3v) is 5.46. The third-order valence-electron chi connectivity index (χ3n) is 5.46. The van der Waals surface area contributed by atoms with Crippen molar-refractivity contribution in [3.05, 3.63) is 88.5 Å². The summed E-state index contributed by atoms with van der Waals surface area (Å²) in [5.74, 6) is 0.280. The first-order valence-corrected chi connectivity index (χ1v) is 10.9. The van der Waals surface area contributed by atoms with Gasteiger partial charge in [-0.1, -0.05) is 51.5 Å². The largest absolute Gasteiger partial charge is 0.508 e. The van der Waals surface area contributed by atoms with Crippen LogP contribution < -0.4 is 5.73 Å². The van der Waals surface area contributed by atoms with Gasteiger partial charge < -0.3 is 10.8 Å². The number of aliphatic imine (C=N–C) groups is 1. The van der Waals surface area contributed by atoms with E-state index in [9.17, 15) is 5.11 Å². The Balaban J connectivity index is 1.90. The van der Waals surface area contributed by atoms with Gasteiger partial charge in [0.25, 0.3) is 0 Å². The highest BCUT2D eigenvalue weighted by Crippen LogP contribution is 2.26. The lowest BCUT2D eigenvalue weighted by Crippen LogP contribution is -2.01. The van der Waals surface area contributed by atoms with Gasteiger partial charge in [-0.2, -0.15) is 0 Å². The van der Waals surface area contributed by atoms with Crippen molar-refractivity contribution >= 4 is 17.1 Å². The van der Waals surface area contributed by atoms with E-state index in [0.29, 0.717) is 0 Å². The number of phenols is 1. The van der Waals surface area contributed by atoms with E-state index in [1.54, 1.807) is 12.1 Å². The van der Waals surface area contributed by atoms with Crippen LogP contribution in [0.3, 0.4) is 0 Å². The minimum atomic E-state index is 0.280. The zero-order chi connectivity index (χ0) is 21.5. The van der Waals surface area contributed by atoms with Gasteiger partial charge in [-0.3, -0.25) is 4.99 Å². The van der Waals surface area contributed by atoms with Crippen molar-refractivity contribution in [1.82, 2.24) is 0 Å². The average molecular weight is 401 g/mol. The van der Waals surface area contributed by atoms with Gasteiger partial charge in [0.1, 0.15) is 5.75 Å². The van der Waals surface area contributed by atoms with Gasteiger partial charge in [0, 0.05) is 11.4 Å². The van der Waals surface area contributed by atoms with E-state index in [2.05, 4.69) is 51.1 Å². The van der Waals surface area contributed by atoms with E-state index in [1.807, 2.05) is 18.2 Å². The number of aromatic hydroxyl groups is 1. The molecule has 3 nitrogen and oxygen atoms in total. The predicted octanol–water partition coefficient (Wildman–Crippen LogP) is 6.61. The molecule has 0 spiro atoms. The minimum absolute atomic E-state index is 0.280. The second kappa shape index (κ2) is 10.1. The lowest BCUT2D eigenvalue weighted by molar-refractivity contribution is 0.475. The molecule has 3 rings (SSSR count). The molecule has 0 aliphatic carbocycles. The monoisotopic (exact) mass is 400 g/mol. The van der Waals surface area contributed by atoms with Crippen LogP contribution in [0, 0.1) is 0 Å². The van der Waals surface area contributed by atoms with E-state index >= 15 is 0 Å². The quantitative estimate of drug-likeness (QED) is 0.330. The first-order chi connectivity index (χ1) is 14.5. The summed E-state index contributed by atoms with van der Waals surface area (Å²) in [6, 6.07) is 20.3. The molecule has 0 aliphatic rings. The van der Waals surface area contributed by atoms with Gasteiger partial charge >= 0.3 is 0 Å². The SMILES string of the molecule is CCCC(=Nc1ccc(Cc2ccc(N)c(CC)c2)cc1CC)c1ccc(O)cc1. The highest BCUT2D eigenvalue weighted by Gasteiger charge is 2.08. The summed E-state index contributed by atoms with van der Waals surface area (Å²) in [5, 5.41) is 9.59. The van der Waals surface area contributed by atoms with Crippen LogP contribution in [0.5, 0.6) is 5.75 Å². The summed E-state index contributed by atoms with van der Waals surface area (Å²) in [5.41, 5.74) is 15.1. The maximum atomic E-state index is 9.59. The van der Waals surface area contributed by atoms with Gasteiger partial charge in [0.2, 0.25) is 0 Å². The van der Waals surface area contributed by atoms with Crippen LogP contribution in [0.15, 0.2) is 65.7 Å². The van der Waals surface area contributed by atoms with Crippen LogP contribution in [-0.2, 0) is 19.3 Å². The molecule has 0 atom stereocenters. The summed E-state index contributed by atoms with van der Waals surface area (Å²) in [4.78, 5) is 5.02. The first kappa shape index (κ1) is 21.6. The van der Waals surface area contributed by atoms with Gasteiger partial charge in [-0.15, -0.1) is 0 Å². The molecule has 0 saturated carbocycles. The van der Waals surface area contributed by atoms with Gasteiger partial charge in [0.15, 0.2) is 0 Å². The molecule has 3 heteroatoms. The molecule has 3 aromatic carbocycles. The second-order valence-electron chi connectivity index (χ2n) is 7.74. The molecule has 0 fully saturated rings. The van der Waals surface area contributed by atoms with Crippen molar-refractivity contribution in [2.75, 3.05) is 5.73 Å². The molecule has 0 unspecified atom stereocenters. The van der Waals surface area contributed by atoms with Crippen LogP contribution in [0.2, 0.25) is 0 Å². The second-order valence-corrected chi connectivity index (χ2v) is 7.74. The molecule has 3 N–H and O–H groups in total. The predicted molar refractivity (Wildman–Crippen MR) is 128 cm³/mol. The normalized spacial score (nSPS) is 11.6. The molecule has 0 radical (unpaired) electrons. The number of phenolic OH excluding ortho intramolecular Hbond substituents is 1. The molecule has 0 bridgehead atoms. The number of benzene rings is 3. The Bertz CT molecular complexity index is 1020. The summed E-state index contributed by atoms with van der Waals surface area (Å²) in [6.07, 6.45) is 4.70. The van der Waals surface area contributed by atoms with Crippen molar-refractivity contribution in [2.45, 2.75) is 52.9 Å². The van der Waals surface area contributed by atoms with Gasteiger partial charge in [0.05, 0.1) is 5.69 Å². The Hall–Kier alpha value is -3.07. The fraction of sp³-hybridized carbons (Fsp3) is 0.296. The standard InChI is InChI=1S/C27H32N2O/c1-4-7-26(23-10-12-24(30)13-11-23)29-27-15-9-20(18-22(27)6-3)16-19-8-14-25(28)21(5-2)17-19/h8-15,17-18,30H,4-7,16,28H2,1-3H3. The van der Waals surface area contributed by atoms with E-state index in [-0.39, 0.29) is 5.75 Å². The molecule has 0 heterocycles. The number of hydrogen-bond donors (Lipinski definition) is 2. The maximum absolute atomic E-state index is 9.59. The molecule has 0 aliphatic heterocycles. The van der Waals surface area contributed by atoms with Gasteiger partial charge in [-0.25, -0.2) is 0 Å². The topological polar surface area (TPSA) is 58.6 Å². The minimum Gasteiger partial charge on any atom is -0.508 e. The zero-order valence-electron chi connectivity index (χ0n) is 18.3. The number of nitrogens with zero attached hydrogens (tertiary/aromatic N) is 1. The summed E-state index contributed by atoms with van der Waals surface area (Å²) in [7, 11) is 0. The van der Waals surface area contributed by atoms with E-state index in [4.69, 9.17) is 10.7 Å². The van der Waals surface area contributed by atoms with Crippen LogP contribution in [0.1, 0.15) is 61.4 Å². The zero-order valence-corrected chi connectivity index (χ0v) is 18.3. The third kappa shape index (κ3) is 5.29. The number of nitrogen functional groups attached to an aromatic ring is 1. The Labute approximate surface area is 180 Å². The van der Waals surface area contributed by atoms with E-state index < -0.39 is 0 Å². The van der Waals surface area contributed by atoms with Crippen molar-refractivity contribution in [1.29, 1.82) is 0 Å². The Kier molecular flexibility index (Phi) is 7.29. The fourth-order valence-electron chi connectivity index (χ4n) is 3.75. The lowest BCUT2D eigenvalue weighted by Gasteiger charge is -2.12. The summed E-state index contributed by atoms with van der Waals surface area (Å²) >= 11 is 0. The molecule has 156 valence electrons. The maximum Gasteiger partial charge on any atom is 0.115 e. The molecule has 3 aromatic rings. The van der Waals surface area contributed by atoms with Crippen molar-refractivity contribution in [3.63, 3.8) is 0 Å². The van der Waals surface area contributed by atoms with E-state index in [0.717, 1.165) is 54.8 Å². The average Bonchev–Trinajstić information content (AvgIpc) is 2.76. The molecule has 0 aromatic heterocycles. The molecule has 30 heavy (non-hydrogen) atoms. The number of aryl methyl sites for hydroxylation is 2. The van der Waals surface area contributed by atoms with Crippen molar-refractivity contribution in [2.24, 2.45) is 4.99 Å². The number of rotatable bonds is 8. The number of anilines is 1. The van der Waals surface area contributed by atoms with Crippen LogP contribution >= 0.6 is 0 Å². The highest BCUT2D eigenvalue weighted by molar-refractivity contribution is 6.02.